The average molecular weight is 292 g/mol. The van der Waals surface area contributed by atoms with Crippen LogP contribution in [-0.4, -0.2) is 31.1 Å². The van der Waals surface area contributed by atoms with Gasteiger partial charge in [-0.1, -0.05) is 11.6 Å². The second-order valence-corrected chi connectivity index (χ2v) is 4.59. The third-order valence-electron chi connectivity index (χ3n) is 2.57. The summed E-state index contributed by atoms with van der Waals surface area (Å²) < 4.78 is 45.4. The molecule has 0 spiro atoms. The molecule has 1 aromatic carbocycles. The third-order valence-corrected chi connectivity index (χ3v) is 2.57. The van der Waals surface area contributed by atoms with E-state index in [9.17, 15) is 18.3 Å². The van der Waals surface area contributed by atoms with E-state index in [0.29, 0.717) is 17.7 Å². The van der Waals surface area contributed by atoms with Crippen LogP contribution in [0.3, 0.4) is 0 Å². The summed E-state index contributed by atoms with van der Waals surface area (Å²) in [5.74, 6) is 0.543. The molecule has 1 aromatic rings. The molecule has 0 bridgehead atoms. The van der Waals surface area contributed by atoms with Crippen LogP contribution in [-0.2, 0) is 4.74 Å². The predicted molar refractivity (Wildman–Crippen MR) is 68.8 cm³/mol. The van der Waals surface area contributed by atoms with E-state index in [1.807, 2.05) is 19.1 Å². The van der Waals surface area contributed by atoms with Crippen LogP contribution in [0.1, 0.15) is 30.6 Å². The predicted octanol–water partition coefficient (Wildman–Crippen LogP) is 3.40. The fourth-order valence-corrected chi connectivity index (χ4v) is 1.66. The summed E-state index contributed by atoms with van der Waals surface area (Å²) in [6.07, 6.45) is -4.60. The number of rotatable bonds is 7. The van der Waals surface area contributed by atoms with Crippen molar-refractivity contribution in [2.45, 2.75) is 32.5 Å². The van der Waals surface area contributed by atoms with E-state index in [0.717, 1.165) is 5.56 Å². The van der Waals surface area contributed by atoms with Crippen LogP contribution >= 0.6 is 0 Å². The van der Waals surface area contributed by atoms with Gasteiger partial charge in [-0.05, 0) is 26.0 Å². The summed E-state index contributed by atoms with van der Waals surface area (Å²) in [7, 11) is 0. The van der Waals surface area contributed by atoms with E-state index in [1.54, 1.807) is 13.0 Å². The van der Waals surface area contributed by atoms with Gasteiger partial charge in [-0.3, -0.25) is 0 Å². The van der Waals surface area contributed by atoms with Crippen molar-refractivity contribution in [2.24, 2.45) is 0 Å². The highest BCUT2D eigenvalue weighted by Gasteiger charge is 2.27. The van der Waals surface area contributed by atoms with Gasteiger partial charge in [0.2, 0.25) is 0 Å². The van der Waals surface area contributed by atoms with Crippen molar-refractivity contribution in [1.82, 2.24) is 0 Å². The minimum absolute atomic E-state index is 0.0185. The van der Waals surface area contributed by atoms with Gasteiger partial charge < -0.3 is 14.6 Å². The topological polar surface area (TPSA) is 38.7 Å². The summed E-state index contributed by atoms with van der Waals surface area (Å²) in [4.78, 5) is 0. The summed E-state index contributed by atoms with van der Waals surface area (Å²) in [6.45, 7) is 2.52. The van der Waals surface area contributed by atoms with Crippen LogP contribution in [0.2, 0.25) is 0 Å². The van der Waals surface area contributed by atoms with Gasteiger partial charge in [-0.15, -0.1) is 0 Å². The second kappa shape index (κ2) is 7.50. The lowest BCUT2D eigenvalue weighted by atomic mass is 10.1. The minimum atomic E-state index is -4.29. The first-order valence-electron chi connectivity index (χ1n) is 6.35. The van der Waals surface area contributed by atoms with Crippen molar-refractivity contribution in [3.8, 4) is 5.75 Å². The fraction of sp³-hybridized carbons (Fsp3) is 0.571. The maximum atomic E-state index is 11.8. The molecule has 1 rings (SSSR count). The standard InChI is InChI=1S/C14H19F3O3/c1-10-4-5-13(12(8-10)11(2)18)20-7-3-6-19-9-14(15,16)17/h4-5,8,11,18H,3,6-7,9H2,1-2H3/t11-/m1/s1. The maximum Gasteiger partial charge on any atom is 0.411 e. The second-order valence-electron chi connectivity index (χ2n) is 4.59. The molecule has 0 aliphatic carbocycles. The minimum Gasteiger partial charge on any atom is -0.493 e. The normalized spacial score (nSPS) is 13.3. The van der Waals surface area contributed by atoms with Crippen molar-refractivity contribution in [2.75, 3.05) is 19.8 Å². The summed E-state index contributed by atoms with van der Waals surface area (Å²) >= 11 is 0. The first kappa shape index (κ1) is 16.8. The first-order chi connectivity index (χ1) is 9.29. The summed E-state index contributed by atoms with van der Waals surface area (Å²) in [6, 6.07) is 5.41. The lowest BCUT2D eigenvalue weighted by molar-refractivity contribution is -0.174. The van der Waals surface area contributed by atoms with Crippen molar-refractivity contribution < 1.29 is 27.8 Å². The van der Waals surface area contributed by atoms with E-state index in [-0.39, 0.29) is 13.2 Å². The van der Waals surface area contributed by atoms with Gasteiger partial charge in [-0.25, -0.2) is 0 Å². The number of aryl methyl sites for hydroxylation is 1. The molecule has 6 heteroatoms. The molecule has 0 heterocycles. The van der Waals surface area contributed by atoms with Gasteiger partial charge in [0.05, 0.1) is 19.3 Å². The zero-order valence-electron chi connectivity index (χ0n) is 11.5. The molecule has 0 aromatic heterocycles. The van der Waals surface area contributed by atoms with Crippen LogP contribution < -0.4 is 4.74 Å². The molecule has 0 saturated heterocycles. The molecule has 0 radical (unpaired) electrons. The van der Waals surface area contributed by atoms with Crippen LogP contribution in [0, 0.1) is 6.92 Å². The van der Waals surface area contributed by atoms with E-state index in [2.05, 4.69) is 4.74 Å². The Kier molecular flexibility index (Phi) is 6.29. The first-order valence-corrected chi connectivity index (χ1v) is 6.35. The smallest absolute Gasteiger partial charge is 0.411 e. The zero-order chi connectivity index (χ0) is 15.2. The van der Waals surface area contributed by atoms with Crippen LogP contribution in [0.4, 0.5) is 13.2 Å². The Morgan fingerprint density at radius 2 is 1.95 bits per heavy atom. The maximum absolute atomic E-state index is 11.8. The van der Waals surface area contributed by atoms with E-state index in [4.69, 9.17) is 4.74 Å². The number of hydrogen-bond acceptors (Lipinski definition) is 3. The summed E-state index contributed by atoms with van der Waals surface area (Å²) in [5.41, 5.74) is 1.67. The van der Waals surface area contributed by atoms with Gasteiger partial charge in [0.15, 0.2) is 0 Å². The quantitative estimate of drug-likeness (QED) is 0.783. The SMILES string of the molecule is Cc1ccc(OCCCOCC(F)(F)F)c([C@@H](C)O)c1. The number of ether oxygens (including phenoxy) is 2. The molecule has 0 amide bonds. The van der Waals surface area contributed by atoms with Crippen molar-refractivity contribution in [3.63, 3.8) is 0 Å². The monoisotopic (exact) mass is 292 g/mol. The van der Waals surface area contributed by atoms with Gasteiger partial charge >= 0.3 is 6.18 Å². The largest absolute Gasteiger partial charge is 0.493 e. The number of benzene rings is 1. The molecular weight excluding hydrogens is 273 g/mol. The molecule has 1 atom stereocenters. The highest BCUT2D eigenvalue weighted by molar-refractivity contribution is 5.38. The highest BCUT2D eigenvalue weighted by atomic mass is 19.4. The molecule has 0 saturated carbocycles. The Morgan fingerprint density at radius 3 is 2.55 bits per heavy atom. The molecule has 114 valence electrons. The van der Waals surface area contributed by atoms with Gasteiger partial charge in [-0.2, -0.15) is 13.2 Å². The Hall–Kier alpha value is -1.27. The Balaban J connectivity index is 2.35. The van der Waals surface area contributed by atoms with Gasteiger partial charge in [0.25, 0.3) is 0 Å². The number of alkyl halides is 3. The van der Waals surface area contributed by atoms with Crippen LogP contribution in [0.25, 0.3) is 0 Å². The van der Waals surface area contributed by atoms with Crippen LogP contribution in [0.15, 0.2) is 18.2 Å². The van der Waals surface area contributed by atoms with E-state index >= 15 is 0 Å². The molecule has 3 nitrogen and oxygen atoms in total. The van der Waals surface area contributed by atoms with Gasteiger partial charge in [0.1, 0.15) is 12.4 Å². The van der Waals surface area contributed by atoms with Gasteiger partial charge in [0, 0.05) is 12.0 Å². The highest BCUT2D eigenvalue weighted by Crippen LogP contribution is 2.26. The number of aliphatic hydroxyl groups is 1. The lowest BCUT2D eigenvalue weighted by Gasteiger charge is -2.14. The fourth-order valence-electron chi connectivity index (χ4n) is 1.66. The molecule has 0 fully saturated rings. The molecule has 20 heavy (non-hydrogen) atoms. The van der Waals surface area contributed by atoms with E-state index < -0.39 is 18.9 Å². The molecule has 1 N–H and O–H groups in total. The zero-order valence-corrected chi connectivity index (χ0v) is 11.5. The van der Waals surface area contributed by atoms with Crippen molar-refractivity contribution in [3.05, 3.63) is 29.3 Å². The lowest BCUT2D eigenvalue weighted by Crippen LogP contribution is -2.18. The van der Waals surface area contributed by atoms with Crippen LogP contribution in [0.5, 0.6) is 5.75 Å². The molecule has 0 aliphatic rings. The van der Waals surface area contributed by atoms with Crippen molar-refractivity contribution in [1.29, 1.82) is 0 Å². The number of halogens is 3. The van der Waals surface area contributed by atoms with Crippen molar-refractivity contribution >= 4 is 0 Å². The number of aliphatic hydroxyl groups excluding tert-OH is 1. The average Bonchev–Trinajstić information content (AvgIpc) is 2.33. The Labute approximate surface area is 116 Å². The third kappa shape index (κ3) is 6.25. The molecule has 0 aliphatic heterocycles. The molecule has 0 unspecified atom stereocenters. The van der Waals surface area contributed by atoms with E-state index in [1.165, 1.54) is 0 Å². The number of hydrogen-bond donors (Lipinski definition) is 1. The summed E-state index contributed by atoms with van der Waals surface area (Å²) in [5, 5.41) is 9.63. The Bertz CT molecular complexity index is 417. The molecular formula is C14H19F3O3. The Morgan fingerprint density at radius 1 is 1.25 bits per heavy atom.